The van der Waals surface area contributed by atoms with Crippen molar-refractivity contribution in [1.82, 2.24) is 24.5 Å². The Morgan fingerprint density at radius 2 is 2.04 bits per heavy atom. The van der Waals surface area contributed by atoms with Crippen molar-refractivity contribution in [3.05, 3.63) is 49.1 Å². The Kier molecular flexibility index (Phi) is 3.22. The molecule has 1 saturated carbocycles. The van der Waals surface area contributed by atoms with Crippen molar-refractivity contribution in [3.63, 3.8) is 0 Å². The Balaban J connectivity index is 1.44. The van der Waals surface area contributed by atoms with E-state index >= 15 is 0 Å². The maximum Gasteiger partial charge on any atom is 0.259 e. The molecule has 0 radical (unpaired) electrons. The standard InChI is InChI=1S/C18H15N5O2/c1-2-14(3-1)24-16-10-12(6-7-20-16)17-21-18(25-22-17)13-4-5-15-19-8-9-23(15)11-13/h4-11,14H,1-3H2. The molecule has 1 fully saturated rings. The van der Waals surface area contributed by atoms with Crippen molar-refractivity contribution in [1.29, 1.82) is 0 Å². The van der Waals surface area contributed by atoms with Gasteiger partial charge in [-0.3, -0.25) is 0 Å². The summed E-state index contributed by atoms with van der Waals surface area (Å²) in [6.07, 6.45) is 10.9. The number of imidazole rings is 1. The lowest BCUT2D eigenvalue weighted by Crippen LogP contribution is -2.24. The number of fused-ring (bicyclic) bond motifs is 1. The van der Waals surface area contributed by atoms with E-state index in [1.165, 1.54) is 6.42 Å². The van der Waals surface area contributed by atoms with Gasteiger partial charge in [-0.15, -0.1) is 0 Å². The van der Waals surface area contributed by atoms with E-state index in [2.05, 4.69) is 20.1 Å². The van der Waals surface area contributed by atoms with Gasteiger partial charge in [0.1, 0.15) is 11.8 Å². The first-order valence-corrected chi connectivity index (χ1v) is 8.25. The molecule has 0 spiro atoms. The monoisotopic (exact) mass is 333 g/mol. The smallest absolute Gasteiger partial charge is 0.259 e. The second-order valence-electron chi connectivity index (χ2n) is 6.09. The SMILES string of the molecule is c1cc(-c2noc(-c3ccc4nccn4c3)n2)cc(OC2CCC2)n1. The molecule has 7 nitrogen and oxygen atoms in total. The van der Waals surface area contributed by atoms with Gasteiger partial charge in [-0.2, -0.15) is 4.98 Å². The van der Waals surface area contributed by atoms with Crippen LogP contribution in [0.25, 0.3) is 28.5 Å². The first-order valence-electron chi connectivity index (χ1n) is 8.25. The Labute approximate surface area is 143 Å². The molecule has 0 unspecified atom stereocenters. The van der Waals surface area contributed by atoms with Gasteiger partial charge in [0.25, 0.3) is 5.89 Å². The van der Waals surface area contributed by atoms with Crippen molar-refractivity contribution >= 4 is 5.65 Å². The summed E-state index contributed by atoms with van der Waals surface area (Å²) in [6, 6.07) is 7.53. The van der Waals surface area contributed by atoms with Crippen LogP contribution in [0.3, 0.4) is 0 Å². The highest BCUT2D eigenvalue weighted by Crippen LogP contribution is 2.27. The van der Waals surface area contributed by atoms with E-state index in [1.807, 2.05) is 41.1 Å². The summed E-state index contributed by atoms with van der Waals surface area (Å²) in [7, 11) is 0. The minimum atomic E-state index is 0.283. The van der Waals surface area contributed by atoms with Crippen LogP contribution in [0.5, 0.6) is 5.88 Å². The minimum absolute atomic E-state index is 0.283. The molecule has 7 heteroatoms. The molecular formula is C18H15N5O2. The molecule has 0 N–H and O–H groups in total. The highest BCUT2D eigenvalue weighted by molar-refractivity contribution is 5.61. The quantitative estimate of drug-likeness (QED) is 0.570. The molecule has 0 saturated heterocycles. The van der Waals surface area contributed by atoms with E-state index < -0.39 is 0 Å². The third-order valence-electron chi connectivity index (χ3n) is 4.39. The number of hydrogen-bond donors (Lipinski definition) is 0. The van der Waals surface area contributed by atoms with E-state index in [1.54, 1.807) is 12.4 Å². The second-order valence-corrected chi connectivity index (χ2v) is 6.09. The number of nitrogens with zero attached hydrogens (tertiary/aromatic N) is 5. The van der Waals surface area contributed by atoms with Gasteiger partial charge in [0.2, 0.25) is 11.7 Å². The Hall–Kier alpha value is -3.22. The predicted octanol–water partition coefficient (Wildman–Crippen LogP) is 3.38. The first-order chi connectivity index (χ1) is 12.3. The number of ether oxygens (including phenoxy) is 1. The molecular weight excluding hydrogens is 318 g/mol. The third kappa shape index (κ3) is 2.63. The zero-order valence-electron chi connectivity index (χ0n) is 13.4. The highest BCUT2D eigenvalue weighted by atomic mass is 16.5. The maximum absolute atomic E-state index is 5.84. The second kappa shape index (κ2) is 5.70. The summed E-state index contributed by atoms with van der Waals surface area (Å²) in [5.41, 5.74) is 2.53. The number of aromatic nitrogens is 5. The van der Waals surface area contributed by atoms with Crippen LogP contribution in [0.1, 0.15) is 19.3 Å². The molecule has 25 heavy (non-hydrogen) atoms. The molecule has 4 aromatic rings. The fourth-order valence-electron chi connectivity index (χ4n) is 2.78. The normalized spacial score (nSPS) is 14.6. The molecule has 0 bridgehead atoms. The molecule has 1 aliphatic rings. The lowest BCUT2D eigenvalue weighted by Gasteiger charge is -2.25. The molecule has 0 amide bonds. The predicted molar refractivity (Wildman–Crippen MR) is 90.0 cm³/mol. The summed E-state index contributed by atoms with van der Waals surface area (Å²) in [4.78, 5) is 13.0. The zero-order valence-corrected chi connectivity index (χ0v) is 13.4. The van der Waals surface area contributed by atoms with E-state index in [9.17, 15) is 0 Å². The van der Waals surface area contributed by atoms with Crippen LogP contribution < -0.4 is 4.74 Å². The van der Waals surface area contributed by atoms with E-state index in [4.69, 9.17) is 9.26 Å². The van der Waals surface area contributed by atoms with E-state index in [0.29, 0.717) is 17.6 Å². The van der Waals surface area contributed by atoms with Gasteiger partial charge in [-0.1, -0.05) is 5.16 Å². The lowest BCUT2D eigenvalue weighted by molar-refractivity contribution is 0.115. The van der Waals surface area contributed by atoms with Gasteiger partial charge in [-0.25, -0.2) is 9.97 Å². The Morgan fingerprint density at radius 1 is 1.08 bits per heavy atom. The van der Waals surface area contributed by atoms with Crippen molar-refractivity contribution in [3.8, 4) is 28.7 Å². The molecule has 4 aromatic heterocycles. The van der Waals surface area contributed by atoms with Crippen molar-refractivity contribution in [2.75, 3.05) is 0 Å². The van der Waals surface area contributed by atoms with Crippen LogP contribution in [0.2, 0.25) is 0 Å². The molecule has 0 aliphatic heterocycles. The molecule has 0 aromatic carbocycles. The summed E-state index contributed by atoms with van der Waals surface area (Å²) < 4.78 is 13.2. The van der Waals surface area contributed by atoms with Crippen LogP contribution in [-0.2, 0) is 0 Å². The number of hydrogen-bond acceptors (Lipinski definition) is 6. The van der Waals surface area contributed by atoms with Crippen LogP contribution in [-0.4, -0.2) is 30.6 Å². The Morgan fingerprint density at radius 3 is 2.92 bits per heavy atom. The van der Waals surface area contributed by atoms with Crippen LogP contribution in [0, 0.1) is 0 Å². The molecule has 1 aliphatic carbocycles. The van der Waals surface area contributed by atoms with E-state index in [-0.39, 0.29) is 6.10 Å². The van der Waals surface area contributed by atoms with Crippen molar-refractivity contribution in [2.24, 2.45) is 0 Å². The van der Waals surface area contributed by atoms with Gasteiger partial charge in [0, 0.05) is 36.4 Å². The average Bonchev–Trinajstić information content (AvgIpc) is 3.27. The maximum atomic E-state index is 5.84. The van der Waals surface area contributed by atoms with E-state index in [0.717, 1.165) is 29.6 Å². The molecule has 4 heterocycles. The fraction of sp³-hybridized carbons (Fsp3) is 0.222. The largest absolute Gasteiger partial charge is 0.474 e. The van der Waals surface area contributed by atoms with Crippen molar-refractivity contribution in [2.45, 2.75) is 25.4 Å². The topological polar surface area (TPSA) is 78.3 Å². The summed E-state index contributed by atoms with van der Waals surface area (Å²) >= 11 is 0. The molecule has 124 valence electrons. The van der Waals surface area contributed by atoms with Gasteiger partial charge in [-0.05, 0) is 37.5 Å². The average molecular weight is 333 g/mol. The zero-order chi connectivity index (χ0) is 16.6. The summed E-state index contributed by atoms with van der Waals surface area (Å²) in [6.45, 7) is 0. The lowest BCUT2D eigenvalue weighted by atomic mass is 9.96. The summed E-state index contributed by atoms with van der Waals surface area (Å²) in [5.74, 6) is 1.58. The Bertz CT molecular complexity index is 1030. The van der Waals surface area contributed by atoms with Crippen LogP contribution in [0.4, 0.5) is 0 Å². The van der Waals surface area contributed by atoms with Crippen LogP contribution >= 0.6 is 0 Å². The first kappa shape index (κ1) is 14.2. The van der Waals surface area contributed by atoms with Gasteiger partial charge >= 0.3 is 0 Å². The number of pyridine rings is 2. The fourth-order valence-corrected chi connectivity index (χ4v) is 2.78. The van der Waals surface area contributed by atoms with Crippen LogP contribution in [0.15, 0.2) is 53.6 Å². The van der Waals surface area contributed by atoms with Gasteiger partial charge < -0.3 is 13.7 Å². The van der Waals surface area contributed by atoms with Gasteiger partial charge in [0.05, 0.1) is 5.56 Å². The summed E-state index contributed by atoms with van der Waals surface area (Å²) in [5, 5.41) is 4.09. The third-order valence-corrected chi connectivity index (χ3v) is 4.39. The molecule has 0 atom stereocenters. The number of rotatable bonds is 4. The minimum Gasteiger partial charge on any atom is -0.474 e. The van der Waals surface area contributed by atoms with Gasteiger partial charge in [0.15, 0.2) is 0 Å². The molecule has 5 rings (SSSR count). The highest BCUT2D eigenvalue weighted by Gasteiger charge is 2.20. The van der Waals surface area contributed by atoms with Crippen molar-refractivity contribution < 1.29 is 9.26 Å².